The van der Waals surface area contributed by atoms with Crippen molar-refractivity contribution >= 4 is 0 Å². The van der Waals surface area contributed by atoms with Crippen LogP contribution in [0.1, 0.15) is 65.7 Å². The van der Waals surface area contributed by atoms with Crippen molar-refractivity contribution in [3.63, 3.8) is 0 Å². The van der Waals surface area contributed by atoms with E-state index in [1.165, 1.54) is 6.42 Å². The van der Waals surface area contributed by atoms with Crippen LogP contribution in [0.2, 0.25) is 0 Å². The summed E-state index contributed by atoms with van der Waals surface area (Å²) in [5.74, 6) is 0.642. The fourth-order valence-electron chi connectivity index (χ4n) is 4.34. The molecule has 0 aromatic carbocycles. The first-order valence-corrected chi connectivity index (χ1v) is 7.16. The smallest absolute Gasteiger partial charge is 0.0731 e. The van der Waals surface area contributed by atoms with Crippen LogP contribution in [-0.4, -0.2) is 22.4 Å². The molecule has 2 aliphatic carbocycles. The van der Waals surface area contributed by atoms with Crippen LogP contribution in [0, 0.1) is 16.7 Å². The molecule has 0 amide bonds. The molecule has 2 fully saturated rings. The minimum Gasteiger partial charge on any atom is -0.396 e. The first kappa shape index (κ1) is 13.4. The maximum absolute atomic E-state index is 11.1. The summed E-state index contributed by atoms with van der Waals surface area (Å²) >= 11 is 0. The molecule has 0 aromatic heterocycles. The fraction of sp³-hybridized carbons (Fsp3) is 1.00. The van der Waals surface area contributed by atoms with Crippen molar-refractivity contribution < 1.29 is 10.2 Å². The lowest BCUT2D eigenvalue weighted by Gasteiger charge is -2.49. The van der Waals surface area contributed by atoms with E-state index >= 15 is 0 Å². The van der Waals surface area contributed by atoms with Crippen molar-refractivity contribution in [2.24, 2.45) is 16.7 Å². The second-order valence-electron chi connectivity index (χ2n) is 7.51. The van der Waals surface area contributed by atoms with Crippen LogP contribution >= 0.6 is 0 Å². The van der Waals surface area contributed by atoms with Crippen LogP contribution in [0.25, 0.3) is 0 Å². The zero-order chi connectivity index (χ0) is 12.7. The average Bonchev–Trinajstić information content (AvgIpc) is 2.54. The van der Waals surface area contributed by atoms with Gasteiger partial charge in [0.05, 0.1) is 12.2 Å². The fourth-order valence-corrected chi connectivity index (χ4v) is 4.34. The molecular formula is C15H28O2. The Kier molecular flexibility index (Phi) is 3.33. The Labute approximate surface area is 105 Å². The molecule has 0 bridgehead atoms. The number of aliphatic hydroxyl groups excluding tert-OH is 1. The van der Waals surface area contributed by atoms with Crippen molar-refractivity contribution in [3.05, 3.63) is 0 Å². The Morgan fingerprint density at radius 3 is 2.35 bits per heavy atom. The molecule has 3 unspecified atom stereocenters. The van der Waals surface area contributed by atoms with Crippen LogP contribution < -0.4 is 0 Å². The maximum Gasteiger partial charge on any atom is 0.0731 e. The summed E-state index contributed by atoms with van der Waals surface area (Å²) in [6.45, 7) is 6.89. The highest BCUT2D eigenvalue weighted by atomic mass is 16.3. The molecule has 2 saturated carbocycles. The third-order valence-corrected chi connectivity index (χ3v) is 5.37. The van der Waals surface area contributed by atoms with Crippen molar-refractivity contribution in [1.82, 2.24) is 0 Å². The Bertz CT molecular complexity index is 287. The summed E-state index contributed by atoms with van der Waals surface area (Å²) in [6.07, 6.45) is 7.21. The van der Waals surface area contributed by atoms with Gasteiger partial charge in [-0.25, -0.2) is 0 Å². The van der Waals surface area contributed by atoms with Gasteiger partial charge in [-0.05, 0) is 43.4 Å². The number of hydrogen-bond donors (Lipinski definition) is 2. The van der Waals surface area contributed by atoms with Gasteiger partial charge in [-0.15, -0.1) is 0 Å². The highest BCUT2D eigenvalue weighted by Gasteiger charge is 2.56. The van der Waals surface area contributed by atoms with Gasteiger partial charge < -0.3 is 10.2 Å². The third-order valence-electron chi connectivity index (χ3n) is 5.37. The molecule has 0 heterocycles. The minimum atomic E-state index is -0.625. The standard InChI is InChI=1S/C15H28O2/c1-12-5-4-6-14(9-12,11-16)15(17)8-7-13(2,3)10-15/h12,16-17H,4-11H2,1-3H3. The Balaban J connectivity index is 2.23. The van der Waals surface area contributed by atoms with E-state index in [2.05, 4.69) is 20.8 Å². The molecule has 2 aliphatic rings. The Morgan fingerprint density at radius 1 is 1.18 bits per heavy atom. The topological polar surface area (TPSA) is 40.5 Å². The molecule has 0 saturated heterocycles. The predicted molar refractivity (Wildman–Crippen MR) is 69.7 cm³/mol. The van der Waals surface area contributed by atoms with E-state index in [-0.39, 0.29) is 17.4 Å². The highest BCUT2D eigenvalue weighted by Crippen LogP contribution is 2.57. The lowest BCUT2D eigenvalue weighted by molar-refractivity contribution is -0.135. The monoisotopic (exact) mass is 240 g/mol. The molecule has 0 aliphatic heterocycles. The van der Waals surface area contributed by atoms with Gasteiger partial charge in [0.2, 0.25) is 0 Å². The van der Waals surface area contributed by atoms with Crippen LogP contribution in [0.3, 0.4) is 0 Å². The van der Waals surface area contributed by atoms with Gasteiger partial charge in [0, 0.05) is 5.41 Å². The lowest BCUT2D eigenvalue weighted by Crippen LogP contribution is -2.51. The summed E-state index contributed by atoms with van der Waals surface area (Å²) in [5, 5.41) is 21.0. The van der Waals surface area contributed by atoms with E-state index in [9.17, 15) is 10.2 Å². The molecule has 2 rings (SSSR count). The third kappa shape index (κ3) is 2.26. The number of aliphatic hydroxyl groups is 2. The summed E-state index contributed by atoms with van der Waals surface area (Å²) in [6, 6.07) is 0. The van der Waals surface area contributed by atoms with Gasteiger partial charge in [0.25, 0.3) is 0 Å². The summed E-state index contributed by atoms with van der Waals surface area (Å²) in [4.78, 5) is 0. The van der Waals surface area contributed by atoms with E-state index in [0.717, 1.165) is 38.5 Å². The molecular weight excluding hydrogens is 212 g/mol. The van der Waals surface area contributed by atoms with Crippen molar-refractivity contribution in [3.8, 4) is 0 Å². The van der Waals surface area contributed by atoms with E-state index in [1.54, 1.807) is 0 Å². The Hall–Kier alpha value is -0.0800. The number of rotatable bonds is 2. The van der Waals surface area contributed by atoms with E-state index in [4.69, 9.17) is 0 Å². The average molecular weight is 240 g/mol. The minimum absolute atomic E-state index is 0.157. The molecule has 2 nitrogen and oxygen atoms in total. The number of hydrogen-bond acceptors (Lipinski definition) is 2. The zero-order valence-corrected chi connectivity index (χ0v) is 11.6. The molecule has 2 N–H and O–H groups in total. The van der Waals surface area contributed by atoms with Gasteiger partial charge in [0.1, 0.15) is 0 Å². The van der Waals surface area contributed by atoms with Gasteiger partial charge in [-0.3, -0.25) is 0 Å². The van der Waals surface area contributed by atoms with Crippen LogP contribution in [0.5, 0.6) is 0 Å². The molecule has 0 spiro atoms. The first-order chi connectivity index (χ1) is 7.83. The highest BCUT2D eigenvalue weighted by molar-refractivity contribution is 5.07. The van der Waals surface area contributed by atoms with E-state index < -0.39 is 5.60 Å². The first-order valence-electron chi connectivity index (χ1n) is 7.16. The molecule has 17 heavy (non-hydrogen) atoms. The second-order valence-corrected chi connectivity index (χ2v) is 7.51. The molecule has 0 radical (unpaired) electrons. The maximum atomic E-state index is 11.1. The SMILES string of the molecule is CC1CCCC(CO)(C2(O)CCC(C)(C)C2)C1. The second kappa shape index (κ2) is 4.24. The zero-order valence-electron chi connectivity index (χ0n) is 11.6. The normalized spacial score (nSPS) is 46.1. The van der Waals surface area contributed by atoms with Crippen molar-refractivity contribution in [2.75, 3.05) is 6.61 Å². The largest absolute Gasteiger partial charge is 0.396 e. The van der Waals surface area contributed by atoms with E-state index in [1.807, 2.05) is 0 Å². The molecule has 0 aromatic rings. The summed E-state index contributed by atoms with van der Waals surface area (Å²) in [5.41, 5.74) is -0.615. The predicted octanol–water partition coefficient (Wildman–Crippen LogP) is 3.12. The molecule has 2 heteroatoms. The van der Waals surface area contributed by atoms with Gasteiger partial charge >= 0.3 is 0 Å². The summed E-state index contributed by atoms with van der Waals surface area (Å²) < 4.78 is 0. The molecule has 3 atom stereocenters. The van der Waals surface area contributed by atoms with Crippen molar-refractivity contribution in [2.45, 2.75) is 71.3 Å². The van der Waals surface area contributed by atoms with Crippen LogP contribution in [0.15, 0.2) is 0 Å². The van der Waals surface area contributed by atoms with E-state index in [0.29, 0.717) is 5.92 Å². The van der Waals surface area contributed by atoms with Crippen LogP contribution in [0.4, 0.5) is 0 Å². The van der Waals surface area contributed by atoms with Crippen molar-refractivity contribution in [1.29, 1.82) is 0 Å². The van der Waals surface area contributed by atoms with Gasteiger partial charge in [-0.1, -0.05) is 33.6 Å². The van der Waals surface area contributed by atoms with Gasteiger partial charge in [-0.2, -0.15) is 0 Å². The lowest BCUT2D eigenvalue weighted by atomic mass is 9.60. The van der Waals surface area contributed by atoms with Gasteiger partial charge in [0.15, 0.2) is 0 Å². The van der Waals surface area contributed by atoms with Crippen LogP contribution in [-0.2, 0) is 0 Å². The molecule has 100 valence electrons. The summed E-state index contributed by atoms with van der Waals surface area (Å²) in [7, 11) is 0. The Morgan fingerprint density at radius 2 is 1.88 bits per heavy atom. The quantitative estimate of drug-likeness (QED) is 0.778.